The Labute approximate surface area is 86.3 Å². The first-order chi connectivity index (χ1) is 6.70. The van der Waals surface area contributed by atoms with Crippen molar-refractivity contribution in [1.82, 2.24) is 9.55 Å². The van der Waals surface area contributed by atoms with Crippen molar-refractivity contribution < 1.29 is 0 Å². The minimum absolute atomic E-state index is 0.682. The van der Waals surface area contributed by atoms with Crippen LogP contribution in [0.2, 0.25) is 0 Å². The topological polar surface area (TPSA) is 17.8 Å². The molecule has 0 aliphatic heterocycles. The van der Waals surface area contributed by atoms with Crippen LogP contribution in [0, 0.1) is 18.8 Å². The molecule has 2 rings (SSSR count). The van der Waals surface area contributed by atoms with Gasteiger partial charge in [0.05, 0.1) is 6.33 Å². The average Bonchev–Trinajstić information content (AvgIpc) is 2.57. The lowest BCUT2D eigenvalue weighted by Crippen LogP contribution is -2.27. The van der Waals surface area contributed by atoms with E-state index in [1.165, 1.54) is 25.0 Å². The molecule has 0 bridgehead atoms. The first kappa shape index (κ1) is 9.75. The van der Waals surface area contributed by atoms with Crippen molar-refractivity contribution in [3.8, 4) is 0 Å². The van der Waals surface area contributed by atoms with Crippen molar-refractivity contribution in [1.29, 1.82) is 0 Å². The molecule has 1 aliphatic rings. The summed E-state index contributed by atoms with van der Waals surface area (Å²) in [7, 11) is 0. The first-order valence-electron chi connectivity index (χ1n) is 5.68. The number of aryl methyl sites for hydroxylation is 1. The summed E-state index contributed by atoms with van der Waals surface area (Å²) >= 11 is 0. The number of rotatable bonds is 1. The van der Waals surface area contributed by atoms with Gasteiger partial charge in [0.25, 0.3) is 0 Å². The zero-order valence-electron chi connectivity index (χ0n) is 9.40. The number of nitrogens with zero attached hydrogens (tertiary/aromatic N) is 2. The Bertz CT molecular complexity index is 303. The molecule has 2 nitrogen and oxygen atoms in total. The second-order valence-electron chi connectivity index (χ2n) is 4.78. The van der Waals surface area contributed by atoms with Crippen LogP contribution < -0.4 is 0 Å². The second kappa shape index (κ2) is 3.76. The van der Waals surface area contributed by atoms with Crippen molar-refractivity contribution in [2.45, 2.75) is 46.1 Å². The maximum atomic E-state index is 4.22. The van der Waals surface area contributed by atoms with Gasteiger partial charge < -0.3 is 4.57 Å². The van der Waals surface area contributed by atoms with Crippen LogP contribution in [0.3, 0.4) is 0 Å². The van der Waals surface area contributed by atoms with Gasteiger partial charge in [-0.05, 0) is 25.2 Å². The molecule has 0 N–H and O–H groups in total. The molecule has 14 heavy (non-hydrogen) atoms. The summed E-state index contributed by atoms with van der Waals surface area (Å²) in [5.41, 5.74) is 1.30. The summed E-state index contributed by atoms with van der Waals surface area (Å²) in [5, 5.41) is 0. The fourth-order valence-electron chi connectivity index (χ4n) is 2.66. The lowest BCUT2D eigenvalue weighted by Gasteiger charge is -2.35. The maximum Gasteiger partial charge on any atom is 0.0950 e. The Balaban J connectivity index is 2.21. The van der Waals surface area contributed by atoms with Gasteiger partial charge in [0.15, 0.2) is 0 Å². The van der Waals surface area contributed by atoms with E-state index in [1.54, 1.807) is 0 Å². The molecule has 3 unspecified atom stereocenters. The summed E-state index contributed by atoms with van der Waals surface area (Å²) in [6.45, 7) is 6.91. The molecule has 0 radical (unpaired) electrons. The van der Waals surface area contributed by atoms with Gasteiger partial charge in [0.2, 0.25) is 0 Å². The lowest BCUT2D eigenvalue weighted by atomic mass is 9.78. The van der Waals surface area contributed by atoms with Crippen molar-refractivity contribution in [2.24, 2.45) is 11.8 Å². The van der Waals surface area contributed by atoms with Crippen LogP contribution in [-0.4, -0.2) is 9.55 Å². The molecule has 78 valence electrons. The van der Waals surface area contributed by atoms with Crippen LogP contribution in [0.1, 0.15) is 44.8 Å². The van der Waals surface area contributed by atoms with Crippen molar-refractivity contribution in [3.63, 3.8) is 0 Å². The van der Waals surface area contributed by atoms with Crippen molar-refractivity contribution >= 4 is 0 Å². The molecule has 1 heterocycles. The minimum atomic E-state index is 0.682. The monoisotopic (exact) mass is 192 g/mol. The standard InChI is InChI=1S/C12H20N2/c1-9-5-4-6-12(11(9)3)14-8-13-7-10(14)2/h7-9,11-12H,4-6H2,1-3H3. The van der Waals surface area contributed by atoms with Crippen molar-refractivity contribution in [3.05, 3.63) is 18.2 Å². The third-order valence-electron chi connectivity index (χ3n) is 3.88. The Morgan fingerprint density at radius 1 is 1.36 bits per heavy atom. The van der Waals surface area contributed by atoms with Gasteiger partial charge in [-0.25, -0.2) is 4.98 Å². The van der Waals surface area contributed by atoms with E-state index in [0.717, 1.165) is 11.8 Å². The second-order valence-corrected chi connectivity index (χ2v) is 4.78. The van der Waals surface area contributed by atoms with E-state index in [2.05, 4.69) is 30.3 Å². The molecule has 2 heteroatoms. The maximum absolute atomic E-state index is 4.22. The van der Waals surface area contributed by atoms with E-state index >= 15 is 0 Å². The Hall–Kier alpha value is -0.790. The highest BCUT2D eigenvalue weighted by atomic mass is 15.1. The van der Waals surface area contributed by atoms with E-state index in [4.69, 9.17) is 0 Å². The van der Waals surface area contributed by atoms with E-state index < -0.39 is 0 Å². The number of hydrogen-bond acceptors (Lipinski definition) is 1. The van der Waals surface area contributed by atoms with Gasteiger partial charge >= 0.3 is 0 Å². The van der Waals surface area contributed by atoms with Crippen LogP contribution in [-0.2, 0) is 0 Å². The third kappa shape index (κ3) is 1.58. The van der Waals surface area contributed by atoms with Gasteiger partial charge in [0.1, 0.15) is 0 Å². The number of aromatic nitrogens is 2. The van der Waals surface area contributed by atoms with Gasteiger partial charge in [0, 0.05) is 17.9 Å². The van der Waals surface area contributed by atoms with E-state index in [9.17, 15) is 0 Å². The molecule has 0 aromatic carbocycles. The smallest absolute Gasteiger partial charge is 0.0950 e. The molecule has 1 aliphatic carbocycles. The molecule has 0 spiro atoms. The van der Waals surface area contributed by atoms with E-state index in [-0.39, 0.29) is 0 Å². The average molecular weight is 192 g/mol. The molecule has 0 saturated heterocycles. The van der Waals surface area contributed by atoms with Gasteiger partial charge in [-0.15, -0.1) is 0 Å². The van der Waals surface area contributed by atoms with E-state index in [1.807, 2.05) is 12.5 Å². The predicted octanol–water partition coefficient (Wildman–Crippen LogP) is 3.19. The number of imidazole rings is 1. The van der Waals surface area contributed by atoms with Gasteiger partial charge in [-0.2, -0.15) is 0 Å². The SMILES string of the molecule is Cc1cncn1C1CCCC(C)C1C. The fraction of sp³-hybridized carbons (Fsp3) is 0.750. The fourth-order valence-corrected chi connectivity index (χ4v) is 2.66. The Morgan fingerprint density at radius 3 is 2.79 bits per heavy atom. The quantitative estimate of drug-likeness (QED) is 0.668. The molecule has 1 fully saturated rings. The van der Waals surface area contributed by atoms with Crippen LogP contribution in [0.25, 0.3) is 0 Å². The molecular formula is C12H20N2. The highest BCUT2D eigenvalue weighted by Gasteiger charge is 2.28. The largest absolute Gasteiger partial charge is 0.332 e. The lowest BCUT2D eigenvalue weighted by molar-refractivity contribution is 0.184. The van der Waals surface area contributed by atoms with Crippen LogP contribution in [0.15, 0.2) is 12.5 Å². The summed E-state index contributed by atoms with van der Waals surface area (Å²) in [4.78, 5) is 4.22. The molecule has 0 amide bonds. The highest BCUT2D eigenvalue weighted by Crippen LogP contribution is 2.37. The van der Waals surface area contributed by atoms with Crippen LogP contribution in [0.5, 0.6) is 0 Å². The zero-order chi connectivity index (χ0) is 10.1. The van der Waals surface area contributed by atoms with Gasteiger partial charge in [-0.3, -0.25) is 0 Å². The predicted molar refractivity (Wildman–Crippen MR) is 58.2 cm³/mol. The normalized spacial score (nSPS) is 33.2. The zero-order valence-corrected chi connectivity index (χ0v) is 9.40. The minimum Gasteiger partial charge on any atom is -0.332 e. The number of hydrogen-bond donors (Lipinski definition) is 0. The molecule has 1 aromatic heterocycles. The Kier molecular flexibility index (Phi) is 2.62. The molecule has 3 atom stereocenters. The van der Waals surface area contributed by atoms with Crippen LogP contribution in [0.4, 0.5) is 0 Å². The molecular weight excluding hydrogens is 172 g/mol. The van der Waals surface area contributed by atoms with E-state index in [0.29, 0.717) is 6.04 Å². The summed E-state index contributed by atoms with van der Waals surface area (Å²) in [6.07, 6.45) is 8.04. The van der Waals surface area contributed by atoms with Crippen LogP contribution >= 0.6 is 0 Å². The molecule has 1 aromatic rings. The summed E-state index contributed by atoms with van der Waals surface area (Å²) < 4.78 is 2.36. The molecule has 1 saturated carbocycles. The Morgan fingerprint density at radius 2 is 2.14 bits per heavy atom. The van der Waals surface area contributed by atoms with Crippen molar-refractivity contribution in [2.75, 3.05) is 0 Å². The highest BCUT2D eigenvalue weighted by molar-refractivity contribution is 4.99. The summed E-state index contributed by atoms with van der Waals surface area (Å²) in [6, 6.07) is 0.682. The first-order valence-corrected chi connectivity index (χ1v) is 5.68. The summed E-state index contributed by atoms with van der Waals surface area (Å²) in [5.74, 6) is 1.65. The third-order valence-corrected chi connectivity index (χ3v) is 3.88. The van der Waals surface area contributed by atoms with Gasteiger partial charge in [-0.1, -0.05) is 26.7 Å².